The fraction of sp³-hybridized carbons (Fsp3) is 0.188. The van der Waals surface area contributed by atoms with Crippen LogP contribution in [0.4, 0.5) is 0 Å². The van der Waals surface area contributed by atoms with Crippen LogP contribution in [0.3, 0.4) is 0 Å². The van der Waals surface area contributed by atoms with Crippen molar-refractivity contribution in [1.82, 2.24) is 5.32 Å². The van der Waals surface area contributed by atoms with Gasteiger partial charge in [0, 0.05) is 23.7 Å². The number of fused-ring (bicyclic) bond motifs is 4. The number of phenols is 3. The highest BCUT2D eigenvalue weighted by Crippen LogP contribution is 2.56. The van der Waals surface area contributed by atoms with Gasteiger partial charge in [0.2, 0.25) is 11.5 Å². The van der Waals surface area contributed by atoms with E-state index in [0.29, 0.717) is 0 Å². The third kappa shape index (κ3) is 4.19. The van der Waals surface area contributed by atoms with Gasteiger partial charge in [0.05, 0.1) is 42.9 Å². The number of nitrogens with one attached hydrogen (secondary N) is 1. The number of hydrogen-bond donors (Lipinski definition) is 5. The number of aromatic hydroxyl groups is 3. The van der Waals surface area contributed by atoms with Crippen molar-refractivity contribution in [3.05, 3.63) is 98.2 Å². The van der Waals surface area contributed by atoms with Gasteiger partial charge in [-0.1, -0.05) is 30.3 Å². The zero-order chi connectivity index (χ0) is 31.8. The van der Waals surface area contributed by atoms with Crippen molar-refractivity contribution in [3.8, 4) is 28.7 Å². The molecule has 0 fully saturated rings. The number of phenolic OH excluding ortho intramolecular Hbond substituents is 3. The highest BCUT2D eigenvalue weighted by Gasteiger charge is 2.52. The third-order valence-corrected chi connectivity index (χ3v) is 8.10. The summed E-state index contributed by atoms with van der Waals surface area (Å²) in [5.41, 5.74) is -1.21. The molecule has 3 aromatic carbocycles. The first-order valence-corrected chi connectivity index (χ1v) is 13.7. The van der Waals surface area contributed by atoms with Gasteiger partial charge in [-0.2, -0.15) is 0 Å². The number of esters is 1. The first-order valence-electron chi connectivity index (χ1n) is 13.7. The van der Waals surface area contributed by atoms with Gasteiger partial charge in [-0.25, -0.2) is 9.59 Å². The Morgan fingerprint density at radius 2 is 1.73 bits per heavy atom. The number of aliphatic hydroxyl groups excluding tert-OH is 1. The summed E-state index contributed by atoms with van der Waals surface area (Å²) < 4.78 is 21.6. The Hall–Kier alpha value is -5.82. The summed E-state index contributed by atoms with van der Waals surface area (Å²) in [5, 5.41) is 47.3. The highest BCUT2D eigenvalue weighted by molar-refractivity contribution is 6.27. The van der Waals surface area contributed by atoms with Crippen LogP contribution in [0.25, 0.3) is 10.8 Å². The van der Waals surface area contributed by atoms with Crippen molar-refractivity contribution in [1.29, 1.82) is 0 Å². The molecule has 1 aromatic heterocycles. The molecule has 1 aliphatic carbocycles. The summed E-state index contributed by atoms with van der Waals surface area (Å²) in [4.78, 5) is 51.2. The molecule has 2 unspecified atom stereocenters. The Balaban J connectivity index is 1.25. The molecular formula is C32H23NO12. The number of carbonyl (C=O) groups is 3. The third-order valence-electron chi connectivity index (χ3n) is 8.10. The molecule has 0 bridgehead atoms. The van der Waals surface area contributed by atoms with Gasteiger partial charge in [0.25, 0.3) is 5.79 Å². The van der Waals surface area contributed by atoms with Crippen LogP contribution in [0.1, 0.15) is 60.5 Å². The standard InChI is InChI=1S/C32H23NO12/c1-42-30(40)20-8-14-7-15-19(35)11-32(44-28(15)26(38)21(14)31(41)43-20)10-16-24(36)22-18(34)9-17(33-12-13-5-3-2-4-6-13)25(37)23(22)27(39)29(16)45-32/h2-9,19,33,35-36,38-39H,10-12H2,1H3. The van der Waals surface area contributed by atoms with Gasteiger partial charge in [-0.05, 0) is 23.1 Å². The number of methoxy groups -OCH3 is 1. The second-order valence-electron chi connectivity index (χ2n) is 10.9. The lowest BCUT2D eigenvalue weighted by atomic mass is 9.86. The summed E-state index contributed by atoms with van der Waals surface area (Å²) >= 11 is 0. The molecule has 5 N–H and O–H groups in total. The maximum absolute atomic E-state index is 13.4. The van der Waals surface area contributed by atoms with Gasteiger partial charge in [-0.15, -0.1) is 0 Å². The van der Waals surface area contributed by atoms with Crippen molar-refractivity contribution >= 4 is 28.3 Å². The maximum atomic E-state index is 13.4. The first-order chi connectivity index (χ1) is 21.5. The van der Waals surface area contributed by atoms with E-state index < -0.39 is 69.2 Å². The molecule has 2 atom stereocenters. The van der Waals surface area contributed by atoms with Crippen LogP contribution < -0.4 is 20.4 Å². The highest BCUT2D eigenvalue weighted by atomic mass is 16.7. The summed E-state index contributed by atoms with van der Waals surface area (Å²) in [6.07, 6.45) is -0.936. The van der Waals surface area contributed by atoms with Crippen LogP contribution in [-0.2, 0) is 17.7 Å². The number of ketones is 2. The second kappa shape index (κ2) is 9.86. The zero-order valence-electron chi connectivity index (χ0n) is 23.4. The molecular weight excluding hydrogens is 590 g/mol. The van der Waals surface area contributed by atoms with E-state index in [1.54, 1.807) is 0 Å². The molecule has 2 aliphatic heterocycles. The number of Topliss-reactive ketones (excluding diaryl/α,β-unsaturated/α-hetero) is 1. The minimum Gasteiger partial charge on any atom is -0.507 e. The van der Waals surface area contributed by atoms with Crippen LogP contribution in [0.2, 0.25) is 0 Å². The zero-order valence-corrected chi connectivity index (χ0v) is 23.4. The quantitative estimate of drug-likeness (QED) is 0.166. The van der Waals surface area contributed by atoms with Crippen molar-refractivity contribution in [3.63, 3.8) is 0 Å². The Labute approximate surface area is 252 Å². The molecule has 0 saturated heterocycles. The molecule has 7 rings (SSSR count). The van der Waals surface area contributed by atoms with E-state index in [-0.39, 0.29) is 58.5 Å². The number of rotatable bonds is 4. The van der Waals surface area contributed by atoms with E-state index in [9.17, 15) is 39.6 Å². The lowest BCUT2D eigenvalue weighted by molar-refractivity contribution is -0.139. The van der Waals surface area contributed by atoms with Gasteiger partial charge >= 0.3 is 11.6 Å². The predicted octanol–water partition coefficient (Wildman–Crippen LogP) is 2.90. The number of allylic oxidation sites excluding steroid dienone is 2. The van der Waals surface area contributed by atoms with E-state index >= 15 is 0 Å². The van der Waals surface area contributed by atoms with Gasteiger partial charge in [0.1, 0.15) is 11.1 Å². The van der Waals surface area contributed by atoms with Crippen LogP contribution in [0.15, 0.2) is 63.4 Å². The van der Waals surface area contributed by atoms with Crippen molar-refractivity contribution < 1.29 is 53.4 Å². The average molecular weight is 614 g/mol. The smallest absolute Gasteiger partial charge is 0.374 e. The molecule has 0 radical (unpaired) electrons. The molecule has 3 heterocycles. The summed E-state index contributed by atoms with van der Waals surface area (Å²) in [7, 11) is 1.10. The Morgan fingerprint density at radius 1 is 1.00 bits per heavy atom. The van der Waals surface area contributed by atoms with E-state index in [0.717, 1.165) is 18.7 Å². The number of hydrogen-bond acceptors (Lipinski definition) is 13. The number of aliphatic hydroxyl groups is 1. The van der Waals surface area contributed by atoms with Gasteiger partial charge in [0.15, 0.2) is 28.8 Å². The van der Waals surface area contributed by atoms with Crippen LogP contribution in [0, 0.1) is 0 Å². The Bertz CT molecular complexity index is 2080. The molecule has 0 amide bonds. The minimum atomic E-state index is -1.83. The van der Waals surface area contributed by atoms with E-state index in [1.807, 2.05) is 30.3 Å². The van der Waals surface area contributed by atoms with Crippen molar-refractivity contribution in [2.75, 3.05) is 7.11 Å². The predicted molar refractivity (Wildman–Crippen MR) is 153 cm³/mol. The summed E-state index contributed by atoms with van der Waals surface area (Å²) in [6.45, 7) is 0.212. The van der Waals surface area contributed by atoms with Gasteiger partial charge < -0.3 is 44.4 Å². The number of benzene rings is 3. The van der Waals surface area contributed by atoms with E-state index in [1.165, 1.54) is 12.1 Å². The molecule has 228 valence electrons. The second-order valence-corrected chi connectivity index (χ2v) is 10.9. The fourth-order valence-corrected chi connectivity index (χ4v) is 6.01. The Kier molecular flexibility index (Phi) is 6.13. The topological polar surface area (TPSA) is 202 Å². The molecule has 0 saturated carbocycles. The number of ether oxygens (including phenoxy) is 3. The van der Waals surface area contributed by atoms with Crippen LogP contribution in [-0.4, -0.2) is 50.9 Å². The summed E-state index contributed by atoms with van der Waals surface area (Å²) in [5.74, 6) is -7.35. The molecule has 4 aromatic rings. The molecule has 13 heteroatoms. The lowest BCUT2D eigenvalue weighted by Gasteiger charge is -2.37. The monoisotopic (exact) mass is 613 g/mol. The first kappa shape index (κ1) is 28.0. The summed E-state index contributed by atoms with van der Waals surface area (Å²) in [6, 6.07) is 11.6. The minimum absolute atomic E-state index is 0.0559. The molecule has 13 nitrogen and oxygen atoms in total. The SMILES string of the molecule is COC(=O)c1cc2cc3c(c(O)c2c(=O)o1)OC1(Cc2c(O)c4c(c(O)c2O1)C(=O)C(NCc1ccccc1)=CC4=O)CC3O. The maximum Gasteiger partial charge on any atom is 0.374 e. The molecule has 3 aliphatic rings. The normalized spacial score (nSPS) is 19.7. The van der Waals surface area contributed by atoms with Gasteiger partial charge in [-0.3, -0.25) is 9.59 Å². The van der Waals surface area contributed by atoms with Crippen molar-refractivity contribution in [2.24, 2.45) is 0 Å². The largest absolute Gasteiger partial charge is 0.507 e. The van der Waals surface area contributed by atoms with Crippen LogP contribution in [0.5, 0.6) is 28.7 Å². The molecule has 1 spiro atoms. The lowest BCUT2D eigenvalue weighted by Crippen LogP contribution is -2.45. The Morgan fingerprint density at radius 3 is 2.47 bits per heavy atom. The molecule has 45 heavy (non-hydrogen) atoms. The fourth-order valence-electron chi connectivity index (χ4n) is 6.01. The van der Waals surface area contributed by atoms with E-state index in [2.05, 4.69) is 10.1 Å². The average Bonchev–Trinajstić information content (AvgIpc) is 3.39. The van der Waals surface area contributed by atoms with Crippen LogP contribution >= 0.6 is 0 Å². The van der Waals surface area contributed by atoms with Crippen molar-refractivity contribution in [2.45, 2.75) is 31.3 Å². The number of carbonyl (C=O) groups excluding carboxylic acids is 3. The van der Waals surface area contributed by atoms with E-state index in [4.69, 9.17) is 13.9 Å².